The van der Waals surface area contributed by atoms with E-state index in [1.807, 2.05) is 0 Å². The van der Waals surface area contributed by atoms with Crippen LogP contribution in [0.3, 0.4) is 0 Å². The molecule has 82 valence electrons. The molecule has 2 atom stereocenters. The smallest absolute Gasteiger partial charge is 0.141 e. The summed E-state index contributed by atoms with van der Waals surface area (Å²) in [5.74, 6) is -0.0537. The van der Waals surface area contributed by atoms with Crippen molar-refractivity contribution in [2.75, 3.05) is 13.2 Å². The second kappa shape index (κ2) is 4.68. The Kier molecular flexibility index (Phi) is 3.28. The van der Waals surface area contributed by atoms with Crippen LogP contribution >= 0.6 is 0 Å². The molecular formula is C11H15FN2O. The van der Waals surface area contributed by atoms with Crippen molar-refractivity contribution in [3.8, 4) is 0 Å². The van der Waals surface area contributed by atoms with Crippen molar-refractivity contribution in [3.63, 3.8) is 0 Å². The zero-order valence-electron chi connectivity index (χ0n) is 8.53. The van der Waals surface area contributed by atoms with Crippen molar-refractivity contribution in [1.82, 2.24) is 4.98 Å². The van der Waals surface area contributed by atoms with E-state index in [9.17, 15) is 4.39 Å². The predicted molar refractivity (Wildman–Crippen MR) is 54.7 cm³/mol. The molecule has 2 unspecified atom stereocenters. The second-order valence-electron chi connectivity index (χ2n) is 3.94. The van der Waals surface area contributed by atoms with Crippen LogP contribution in [0.25, 0.3) is 0 Å². The van der Waals surface area contributed by atoms with Gasteiger partial charge in [-0.25, -0.2) is 4.39 Å². The van der Waals surface area contributed by atoms with Gasteiger partial charge in [0.25, 0.3) is 0 Å². The summed E-state index contributed by atoms with van der Waals surface area (Å²) in [5.41, 5.74) is 6.81. The summed E-state index contributed by atoms with van der Waals surface area (Å²) in [7, 11) is 0. The molecule has 0 spiro atoms. The van der Waals surface area contributed by atoms with Gasteiger partial charge in [-0.1, -0.05) is 0 Å². The molecule has 4 heteroatoms. The Morgan fingerprint density at radius 2 is 2.40 bits per heavy atom. The molecule has 1 aromatic rings. The van der Waals surface area contributed by atoms with Crippen LogP contribution in [-0.2, 0) is 4.74 Å². The fourth-order valence-corrected chi connectivity index (χ4v) is 1.93. The molecular weight excluding hydrogens is 195 g/mol. The Morgan fingerprint density at radius 1 is 1.53 bits per heavy atom. The average Bonchev–Trinajstić information content (AvgIpc) is 2.29. The summed E-state index contributed by atoms with van der Waals surface area (Å²) < 4.78 is 18.3. The first-order valence-electron chi connectivity index (χ1n) is 5.21. The highest BCUT2D eigenvalue weighted by molar-refractivity contribution is 5.15. The van der Waals surface area contributed by atoms with E-state index in [4.69, 9.17) is 10.5 Å². The van der Waals surface area contributed by atoms with E-state index in [1.54, 1.807) is 6.20 Å². The first-order valence-corrected chi connectivity index (χ1v) is 5.21. The predicted octanol–water partition coefficient (Wildman–Crippen LogP) is 1.65. The Morgan fingerprint density at radius 3 is 3.07 bits per heavy atom. The minimum Gasteiger partial charge on any atom is -0.381 e. The van der Waals surface area contributed by atoms with Crippen LogP contribution in [0.15, 0.2) is 18.5 Å². The zero-order valence-corrected chi connectivity index (χ0v) is 8.53. The Hall–Kier alpha value is -1.00. The summed E-state index contributed by atoms with van der Waals surface area (Å²) in [6.45, 7) is 1.47. The van der Waals surface area contributed by atoms with Gasteiger partial charge in [0.1, 0.15) is 5.82 Å². The maximum Gasteiger partial charge on any atom is 0.141 e. The largest absolute Gasteiger partial charge is 0.381 e. The lowest BCUT2D eigenvalue weighted by Crippen LogP contribution is -2.29. The van der Waals surface area contributed by atoms with Gasteiger partial charge in [-0.15, -0.1) is 0 Å². The van der Waals surface area contributed by atoms with Crippen molar-refractivity contribution in [2.45, 2.75) is 18.9 Å². The first-order chi connectivity index (χ1) is 7.27. The fourth-order valence-electron chi connectivity index (χ4n) is 1.93. The molecule has 0 aliphatic carbocycles. The van der Waals surface area contributed by atoms with Gasteiger partial charge in [0, 0.05) is 24.8 Å². The van der Waals surface area contributed by atoms with E-state index in [2.05, 4.69) is 4.98 Å². The number of nitrogens with zero attached hydrogens (tertiary/aromatic N) is 1. The highest BCUT2D eigenvalue weighted by atomic mass is 19.1. The van der Waals surface area contributed by atoms with Crippen molar-refractivity contribution < 1.29 is 9.13 Å². The van der Waals surface area contributed by atoms with Crippen LogP contribution in [0, 0.1) is 11.7 Å². The van der Waals surface area contributed by atoms with Crippen LogP contribution in [-0.4, -0.2) is 18.2 Å². The van der Waals surface area contributed by atoms with E-state index in [0.29, 0.717) is 6.61 Å². The molecule has 0 amide bonds. The van der Waals surface area contributed by atoms with E-state index in [1.165, 1.54) is 12.3 Å². The van der Waals surface area contributed by atoms with Gasteiger partial charge in [0.05, 0.1) is 12.8 Å². The summed E-state index contributed by atoms with van der Waals surface area (Å²) >= 11 is 0. The maximum absolute atomic E-state index is 12.9. The molecule has 1 aliphatic heterocycles. The number of hydrogen-bond acceptors (Lipinski definition) is 3. The lowest BCUT2D eigenvalue weighted by Gasteiger charge is -2.27. The molecule has 2 rings (SSSR count). The van der Waals surface area contributed by atoms with Gasteiger partial charge in [-0.3, -0.25) is 4.98 Å². The lowest BCUT2D eigenvalue weighted by atomic mass is 9.90. The van der Waals surface area contributed by atoms with Gasteiger partial charge in [-0.05, 0) is 24.5 Å². The molecule has 1 aliphatic rings. The molecule has 15 heavy (non-hydrogen) atoms. The number of halogens is 1. The number of nitrogens with two attached hydrogens (primary N) is 1. The number of aromatic nitrogens is 1. The van der Waals surface area contributed by atoms with Crippen LogP contribution in [0.5, 0.6) is 0 Å². The van der Waals surface area contributed by atoms with Crippen molar-refractivity contribution >= 4 is 0 Å². The van der Waals surface area contributed by atoms with Crippen molar-refractivity contribution in [3.05, 3.63) is 29.8 Å². The zero-order chi connectivity index (χ0) is 10.7. The van der Waals surface area contributed by atoms with Crippen molar-refractivity contribution in [2.24, 2.45) is 11.7 Å². The van der Waals surface area contributed by atoms with Gasteiger partial charge < -0.3 is 10.5 Å². The summed E-state index contributed by atoms with van der Waals surface area (Å²) in [4.78, 5) is 3.80. The quantitative estimate of drug-likeness (QED) is 0.807. The third-order valence-electron chi connectivity index (χ3n) is 2.81. The second-order valence-corrected chi connectivity index (χ2v) is 3.94. The highest BCUT2D eigenvalue weighted by Crippen LogP contribution is 2.26. The van der Waals surface area contributed by atoms with E-state index in [0.717, 1.165) is 25.0 Å². The molecule has 2 N–H and O–H groups in total. The third kappa shape index (κ3) is 2.52. The number of rotatable bonds is 2. The van der Waals surface area contributed by atoms with Gasteiger partial charge in [0.15, 0.2) is 0 Å². The molecule has 1 fully saturated rings. The minimum atomic E-state index is -0.334. The van der Waals surface area contributed by atoms with Crippen LogP contribution in [0.2, 0.25) is 0 Å². The number of hydrogen-bond donors (Lipinski definition) is 1. The normalized spacial score (nSPS) is 23.7. The summed E-state index contributed by atoms with van der Waals surface area (Å²) in [6.07, 6.45) is 4.88. The fraction of sp³-hybridized carbons (Fsp3) is 0.545. The molecule has 3 nitrogen and oxygen atoms in total. The number of pyridine rings is 1. The lowest BCUT2D eigenvalue weighted by molar-refractivity contribution is 0.0447. The van der Waals surface area contributed by atoms with Crippen LogP contribution in [0.1, 0.15) is 24.4 Å². The Balaban J connectivity index is 2.08. The molecule has 0 aromatic carbocycles. The SMILES string of the molecule is NC(c1cncc(F)c1)C1CCCOC1. The van der Waals surface area contributed by atoms with E-state index >= 15 is 0 Å². The average molecular weight is 210 g/mol. The molecule has 2 heterocycles. The van der Waals surface area contributed by atoms with Crippen LogP contribution in [0.4, 0.5) is 4.39 Å². The summed E-state index contributed by atoms with van der Waals surface area (Å²) in [5, 5.41) is 0. The molecule has 1 aromatic heterocycles. The van der Waals surface area contributed by atoms with Crippen LogP contribution < -0.4 is 5.73 Å². The highest BCUT2D eigenvalue weighted by Gasteiger charge is 2.22. The van der Waals surface area contributed by atoms with E-state index < -0.39 is 0 Å². The molecule has 0 radical (unpaired) electrons. The van der Waals surface area contributed by atoms with E-state index in [-0.39, 0.29) is 17.8 Å². The molecule has 0 bridgehead atoms. The topological polar surface area (TPSA) is 48.1 Å². The van der Waals surface area contributed by atoms with Gasteiger partial charge in [0.2, 0.25) is 0 Å². The van der Waals surface area contributed by atoms with Gasteiger partial charge >= 0.3 is 0 Å². The Bertz CT molecular complexity index is 326. The monoisotopic (exact) mass is 210 g/mol. The summed E-state index contributed by atoms with van der Waals surface area (Å²) in [6, 6.07) is 1.28. The van der Waals surface area contributed by atoms with Crippen molar-refractivity contribution in [1.29, 1.82) is 0 Å². The third-order valence-corrected chi connectivity index (χ3v) is 2.81. The minimum absolute atomic E-state index is 0.173. The number of ether oxygens (including phenoxy) is 1. The Labute approximate surface area is 88.5 Å². The first kappa shape index (κ1) is 10.5. The molecule has 0 saturated carbocycles. The van der Waals surface area contributed by atoms with Gasteiger partial charge in [-0.2, -0.15) is 0 Å². The molecule has 1 saturated heterocycles. The maximum atomic E-state index is 12.9. The standard InChI is InChI=1S/C11H15FN2O/c12-10-4-9(5-14-6-10)11(13)8-2-1-3-15-7-8/h4-6,8,11H,1-3,7,13H2.